The van der Waals surface area contributed by atoms with Crippen LogP contribution in [0.4, 0.5) is 0 Å². The molecule has 2 aromatic carbocycles. The molecular formula is C25H23N5. The molecule has 0 radical (unpaired) electrons. The molecule has 0 fully saturated rings. The van der Waals surface area contributed by atoms with Gasteiger partial charge in [-0.05, 0) is 42.2 Å². The lowest BCUT2D eigenvalue weighted by molar-refractivity contribution is 0.770. The smallest absolute Gasteiger partial charge is 0.160 e. The van der Waals surface area contributed by atoms with Gasteiger partial charge in [0.05, 0.1) is 24.3 Å². The van der Waals surface area contributed by atoms with Gasteiger partial charge in [0.25, 0.3) is 0 Å². The number of aryl methyl sites for hydroxylation is 3. The highest BCUT2D eigenvalue weighted by Crippen LogP contribution is 2.28. The molecule has 2 aliphatic rings. The van der Waals surface area contributed by atoms with Crippen molar-refractivity contribution in [2.75, 3.05) is 0 Å². The Balaban J connectivity index is 1.41. The van der Waals surface area contributed by atoms with Gasteiger partial charge in [0.1, 0.15) is 5.69 Å². The van der Waals surface area contributed by atoms with Gasteiger partial charge in [-0.3, -0.25) is 0 Å². The van der Waals surface area contributed by atoms with Crippen LogP contribution in [0, 0.1) is 13.8 Å². The molecule has 0 spiro atoms. The van der Waals surface area contributed by atoms with Gasteiger partial charge in [0.2, 0.25) is 0 Å². The molecule has 3 heterocycles. The van der Waals surface area contributed by atoms with Crippen LogP contribution < -0.4 is 0 Å². The number of benzene rings is 2. The molecule has 1 aromatic heterocycles. The van der Waals surface area contributed by atoms with E-state index < -0.39 is 0 Å². The molecule has 0 amide bonds. The van der Waals surface area contributed by atoms with Gasteiger partial charge in [0.15, 0.2) is 5.82 Å². The molecule has 0 saturated carbocycles. The lowest BCUT2D eigenvalue weighted by atomic mass is 9.99. The predicted molar refractivity (Wildman–Crippen MR) is 119 cm³/mol. The largest absolute Gasteiger partial charge is 0.346 e. The number of nitrogens with zero attached hydrogens (tertiary/aromatic N) is 5. The summed E-state index contributed by atoms with van der Waals surface area (Å²) in [6.07, 6.45) is 7.90. The Morgan fingerprint density at radius 2 is 1.50 bits per heavy atom. The number of rotatable bonds is 4. The molecule has 0 aliphatic carbocycles. The fourth-order valence-corrected chi connectivity index (χ4v) is 3.65. The van der Waals surface area contributed by atoms with Crippen LogP contribution in [-0.4, -0.2) is 24.1 Å². The van der Waals surface area contributed by atoms with E-state index in [4.69, 9.17) is 9.97 Å². The third-order valence-electron chi connectivity index (χ3n) is 5.51. The SMILES string of the molecule is Cc1ccc(-c2ccc(-c3nc4ccn(Cc5cn(C)cn5)cc-4n3)cc2)cc1C. The first-order chi connectivity index (χ1) is 14.5. The Labute approximate surface area is 176 Å². The van der Waals surface area contributed by atoms with Crippen molar-refractivity contribution in [2.45, 2.75) is 20.4 Å². The van der Waals surface area contributed by atoms with E-state index >= 15 is 0 Å². The van der Waals surface area contributed by atoms with Crippen molar-refractivity contribution in [1.82, 2.24) is 24.1 Å². The van der Waals surface area contributed by atoms with Crippen molar-refractivity contribution in [3.8, 4) is 33.9 Å². The lowest BCUT2D eigenvalue weighted by Crippen LogP contribution is -2.01. The molecule has 2 aliphatic heterocycles. The van der Waals surface area contributed by atoms with Crippen LogP contribution in [0.5, 0.6) is 0 Å². The fraction of sp³-hybridized carbons (Fsp3) is 0.160. The second-order valence-electron chi connectivity index (χ2n) is 7.84. The van der Waals surface area contributed by atoms with Crippen LogP contribution in [0.1, 0.15) is 16.8 Å². The van der Waals surface area contributed by atoms with E-state index in [0.29, 0.717) is 6.54 Å². The molecule has 0 bridgehead atoms. The summed E-state index contributed by atoms with van der Waals surface area (Å²) in [5.74, 6) is 0.757. The second-order valence-corrected chi connectivity index (χ2v) is 7.84. The summed E-state index contributed by atoms with van der Waals surface area (Å²) < 4.78 is 4.04. The van der Waals surface area contributed by atoms with Crippen LogP contribution in [0.25, 0.3) is 33.9 Å². The first-order valence-electron chi connectivity index (χ1n) is 10.0. The van der Waals surface area contributed by atoms with Gasteiger partial charge in [-0.1, -0.05) is 42.5 Å². The summed E-state index contributed by atoms with van der Waals surface area (Å²) in [4.78, 5) is 13.9. The number of pyridine rings is 1. The zero-order chi connectivity index (χ0) is 20.7. The third kappa shape index (κ3) is 3.50. The van der Waals surface area contributed by atoms with Crippen LogP contribution in [0.2, 0.25) is 0 Å². The summed E-state index contributed by atoms with van der Waals surface area (Å²) in [5.41, 5.74) is 8.88. The molecule has 30 heavy (non-hydrogen) atoms. The van der Waals surface area contributed by atoms with Crippen molar-refractivity contribution in [3.05, 3.63) is 90.3 Å². The highest BCUT2D eigenvalue weighted by molar-refractivity contribution is 5.71. The van der Waals surface area contributed by atoms with Crippen LogP contribution in [0.3, 0.4) is 0 Å². The zero-order valence-corrected chi connectivity index (χ0v) is 17.4. The Kier molecular flexibility index (Phi) is 4.43. The Hall–Kier alpha value is -3.73. The molecule has 3 aromatic rings. The summed E-state index contributed by atoms with van der Waals surface area (Å²) in [6.45, 7) is 5.00. The minimum atomic E-state index is 0.712. The molecule has 5 nitrogen and oxygen atoms in total. The van der Waals surface area contributed by atoms with Gasteiger partial charge in [-0.2, -0.15) is 0 Å². The third-order valence-corrected chi connectivity index (χ3v) is 5.51. The maximum atomic E-state index is 4.76. The van der Waals surface area contributed by atoms with E-state index in [2.05, 4.69) is 65.9 Å². The minimum Gasteiger partial charge on any atom is -0.346 e. The lowest BCUT2D eigenvalue weighted by Gasteiger charge is -2.06. The Morgan fingerprint density at radius 1 is 0.767 bits per heavy atom. The number of aromatic nitrogens is 5. The number of hydrogen-bond donors (Lipinski definition) is 0. The molecule has 0 saturated heterocycles. The molecule has 5 heteroatoms. The minimum absolute atomic E-state index is 0.712. The number of hydrogen-bond acceptors (Lipinski definition) is 3. The predicted octanol–water partition coefficient (Wildman–Crippen LogP) is 5.12. The van der Waals surface area contributed by atoms with Crippen molar-refractivity contribution in [2.24, 2.45) is 7.05 Å². The normalized spacial score (nSPS) is 11.3. The molecule has 0 N–H and O–H groups in total. The van der Waals surface area contributed by atoms with Crippen molar-refractivity contribution in [1.29, 1.82) is 0 Å². The molecule has 148 valence electrons. The summed E-state index contributed by atoms with van der Waals surface area (Å²) in [7, 11) is 1.98. The van der Waals surface area contributed by atoms with Crippen molar-refractivity contribution in [3.63, 3.8) is 0 Å². The van der Waals surface area contributed by atoms with Crippen LogP contribution in [-0.2, 0) is 13.6 Å². The summed E-state index contributed by atoms with van der Waals surface area (Å²) in [5, 5.41) is 0. The van der Waals surface area contributed by atoms with Gasteiger partial charge < -0.3 is 9.13 Å². The topological polar surface area (TPSA) is 48.5 Å². The summed E-state index contributed by atoms with van der Waals surface area (Å²) in [6, 6.07) is 17.1. The van der Waals surface area contributed by atoms with Crippen LogP contribution in [0.15, 0.2) is 73.4 Å². The number of fused-ring (bicyclic) bond motifs is 1. The van der Waals surface area contributed by atoms with Gasteiger partial charge in [-0.15, -0.1) is 0 Å². The molecular weight excluding hydrogens is 370 g/mol. The average Bonchev–Trinajstić information content (AvgIpc) is 3.36. The van der Waals surface area contributed by atoms with Gasteiger partial charge >= 0.3 is 0 Å². The van der Waals surface area contributed by atoms with E-state index in [9.17, 15) is 0 Å². The average molecular weight is 393 g/mol. The quantitative estimate of drug-likeness (QED) is 0.426. The standard InChI is InChI=1S/C25H23N5/c1-17-4-5-21(12-18(17)2)19-6-8-20(9-7-19)25-27-23-10-11-30(15-24(23)28-25)14-22-13-29(3)16-26-22/h4-13,15-16H,14H2,1-3H3. The van der Waals surface area contributed by atoms with Crippen molar-refractivity contribution < 1.29 is 0 Å². The van der Waals surface area contributed by atoms with E-state index in [1.54, 1.807) is 0 Å². The van der Waals surface area contributed by atoms with Gasteiger partial charge in [0, 0.05) is 31.2 Å². The van der Waals surface area contributed by atoms with E-state index in [0.717, 1.165) is 28.5 Å². The first-order valence-corrected chi connectivity index (χ1v) is 10.0. The molecule has 5 rings (SSSR count). The number of imidazole rings is 2. The van der Waals surface area contributed by atoms with E-state index in [-0.39, 0.29) is 0 Å². The zero-order valence-electron chi connectivity index (χ0n) is 17.4. The fourth-order valence-electron chi connectivity index (χ4n) is 3.65. The monoisotopic (exact) mass is 393 g/mol. The highest BCUT2D eigenvalue weighted by Gasteiger charge is 2.13. The molecule has 0 unspecified atom stereocenters. The maximum absolute atomic E-state index is 4.76. The van der Waals surface area contributed by atoms with E-state index in [1.807, 2.05) is 42.6 Å². The Morgan fingerprint density at radius 3 is 2.23 bits per heavy atom. The van der Waals surface area contributed by atoms with E-state index in [1.165, 1.54) is 22.3 Å². The highest BCUT2D eigenvalue weighted by atomic mass is 15.0. The first kappa shape index (κ1) is 18.3. The summed E-state index contributed by atoms with van der Waals surface area (Å²) >= 11 is 0. The maximum Gasteiger partial charge on any atom is 0.160 e. The Bertz CT molecular complexity index is 1290. The molecule has 0 atom stereocenters. The van der Waals surface area contributed by atoms with Crippen LogP contribution >= 0.6 is 0 Å². The van der Waals surface area contributed by atoms with Crippen molar-refractivity contribution >= 4 is 0 Å². The second kappa shape index (κ2) is 7.26. The van der Waals surface area contributed by atoms with Gasteiger partial charge in [-0.25, -0.2) is 15.0 Å².